The van der Waals surface area contributed by atoms with Gasteiger partial charge in [0.25, 0.3) is 0 Å². The molecule has 1 aliphatic rings. The van der Waals surface area contributed by atoms with E-state index in [0.717, 1.165) is 36.1 Å². The van der Waals surface area contributed by atoms with Crippen molar-refractivity contribution < 1.29 is 18.0 Å². The molecule has 3 N–H and O–H groups in total. The second-order valence-corrected chi connectivity index (χ2v) is 6.25. The summed E-state index contributed by atoms with van der Waals surface area (Å²) in [6, 6.07) is 11.2. The quantitative estimate of drug-likeness (QED) is 0.872. The maximum atomic E-state index is 13.0. The number of aryl methyl sites for hydroxylation is 1. The van der Waals surface area contributed by atoms with Gasteiger partial charge in [-0.25, -0.2) is 0 Å². The lowest BCUT2D eigenvalue weighted by Gasteiger charge is -2.25. The van der Waals surface area contributed by atoms with E-state index < -0.39 is 11.7 Å². The molecular formula is C19H19F3N2O. The number of hydrogen-bond acceptors (Lipinski definition) is 2. The highest BCUT2D eigenvalue weighted by atomic mass is 19.4. The lowest BCUT2D eigenvalue weighted by atomic mass is 9.82. The van der Waals surface area contributed by atoms with Crippen LogP contribution in [0.1, 0.15) is 41.0 Å². The standard InChI is InChI=1S/C19H19F3N2O/c20-19(21,22)14-8-12(11-23)9-15(10-14)24-18(25)17-7-3-5-13-4-1-2-6-16(13)17/h1-2,4,6,8-10,17H,3,5,7,11,23H2,(H,24,25). The third kappa shape index (κ3) is 3.85. The van der Waals surface area contributed by atoms with E-state index in [1.54, 1.807) is 0 Å². The Hall–Kier alpha value is -2.34. The van der Waals surface area contributed by atoms with E-state index >= 15 is 0 Å². The highest BCUT2D eigenvalue weighted by molar-refractivity contribution is 5.96. The number of nitrogens with two attached hydrogens (primary N) is 1. The van der Waals surface area contributed by atoms with Gasteiger partial charge in [0.15, 0.2) is 0 Å². The van der Waals surface area contributed by atoms with E-state index in [1.165, 1.54) is 6.07 Å². The van der Waals surface area contributed by atoms with Crippen molar-refractivity contribution in [3.8, 4) is 0 Å². The number of carbonyl (C=O) groups is 1. The zero-order valence-electron chi connectivity index (χ0n) is 13.6. The summed E-state index contributed by atoms with van der Waals surface area (Å²) in [6.07, 6.45) is -2.00. The predicted octanol–water partition coefficient (Wildman–Crippen LogP) is 4.22. The number of carbonyl (C=O) groups excluding carboxylic acids is 1. The first-order valence-corrected chi connectivity index (χ1v) is 8.18. The number of halogens is 3. The van der Waals surface area contributed by atoms with Gasteiger partial charge in [-0.3, -0.25) is 4.79 Å². The second kappa shape index (κ2) is 6.88. The molecule has 1 aliphatic carbocycles. The lowest BCUT2D eigenvalue weighted by Crippen LogP contribution is -2.25. The molecule has 0 spiro atoms. The summed E-state index contributed by atoms with van der Waals surface area (Å²) in [5.74, 6) is -0.629. The predicted molar refractivity (Wildman–Crippen MR) is 90.1 cm³/mol. The van der Waals surface area contributed by atoms with Crippen LogP contribution in [0.2, 0.25) is 0 Å². The van der Waals surface area contributed by atoms with Crippen LogP contribution >= 0.6 is 0 Å². The van der Waals surface area contributed by atoms with Crippen LogP contribution in [0, 0.1) is 0 Å². The highest BCUT2D eigenvalue weighted by Crippen LogP contribution is 2.34. The lowest BCUT2D eigenvalue weighted by molar-refractivity contribution is -0.137. The minimum Gasteiger partial charge on any atom is -0.326 e. The summed E-state index contributed by atoms with van der Waals surface area (Å²) in [5, 5.41) is 2.65. The highest BCUT2D eigenvalue weighted by Gasteiger charge is 2.32. The zero-order chi connectivity index (χ0) is 18.0. The molecule has 0 radical (unpaired) electrons. The van der Waals surface area contributed by atoms with Crippen LogP contribution in [0.15, 0.2) is 42.5 Å². The summed E-state index contributed by atoms with van der Waals surface area (Å²) >= 11 is 0. The molecule has 2 aromatic carbocycles. The Kier molecular flexibility index (Phi) is 4.81. The average molecular weight is 348 g/mol. The molecule has 3 rings (SSSR count). The molecule has 6 heteroatoms. The van der Waals surface area contributed by atoms with Crippen molar-refractivity contribution >= 4 is 11.6 Å². The number of alkyl halides is 3. The van der Waals surface area contributed by atoms with Crippen LogP contribution in [0.4, 0.5) is 18.9 Å². The number of amides is 1. The van der Waals surface area contributed by atoms with Gasteiger partial charge in [0.1, 0.15) is 0 Å². The maximum Gasteiger partial charge on any atom is 0.416 e. The van der Waals surface area contributed by atoms with Gasteiger partial charge < -0.3 is 11.1 Å². The molecular weight excluding hydrogens is 329 g/mol. The van der Waals surface area contributed by atoms with E-state index in [1.807, 2.05) is 24.3 Å². The van der Waals surface area contributed by atoms with Gasteiger partial charge in [-0.2, -0.15) is 13.2 Å². The molecule has 0 bridgehead atoms. The van der Waals surface area contributed by atoms with Gasteiger partial charge in [-0.1, -0.05) is 24.3 Å². The van der Waals surface area contributed by atoms with E-state index in [4.69, 9.17) is 5.73 Å². The first-order chi connectivity index (χ1) is 11.9. The van der Waals surface area contributed by atoms with Crippen LogP contribution in [0.25, 0.3) is 0 Å². The average Bonchev–Trinajstić information content (AvgIpc) is 2.60. The Balaban J connectivity index is 1.87. The topological polar surface area (TPSA) is 55.1 Å². The Morgan fingerprint density at radius 2 is 1.96 bits per heavy atom. The summed E-state index contributed by atoms with van der Waals surface area (Å²) in [7, 11) is 0. The van der Waals surface area contributed by atoms with Crippen molar-refractivity contribution in [1.82, 2.24) is 0 Å². The monoisotopic (exact) mass is 348 g/mol. The molecule has 0 aromatic heterocycles. The second-order valence-electron chi connectivity index (χ2n) is 6.25. The molecule has 0 aliphatic heterocycles. The first kappa shape index (κ1) is 17.5. The number of fused-ring (bicyclic) bond motifs is 1. The number of hydrogen-bond donors (Lipinski definition) is 2. The van der Waals surface area contributed by atoms with Crippen molar-refractivity contribution in [2.75, 3.05) is 5.32 Å². The number of anilines is 1. The number of benzene rings is 2. The van der Waals surface area contributed by atoms with Crippen molar-refractivity contribution in [3.63, 3.8) is 0 Å². The number of nitrogens with one attached hydrogen (secondary N) is 1. The third-order valence-electron chi connectivity index (χ3n) is 4.51. The van der Waals surface area contributed by atoms with Crippen molar-refractivity contribution in [1.29, 1.82) is 0 Å². The summed E-state index contributed by atoms with van der Waals surface area (Å²) in [5.41, 5.74) is 7.21. The molecule has 0 saturated carbocycles. The minimum absolute atomic E-state index is 0.0287. The zero-order valence-corrected chi connectivity index (χ0v) is 13.6. The van der Waals surface area contributed by atoms with Gasteiger partial charge in [0.05, 0.1) is 11.5 Å². The molecule has 2 aromatic rings. The van der Waals surface area contributed by atoms with Crippen molar-refractivity contribution in [3.05, 3.63) is 64.7 Å². The summed E-state index contributed by atoms with van der Waals surface area (Å²) in [4.78, 5) is 12.7. The van der Waals surface area contributed by atoms with E-state index in [-0.39, 0.29) is 24.1 Å². The van der Waals surface area contributed by atoms with Crippen LogP contribution in [0.5, 0.6) is 0 Å². The molecule has 0 saturated heterocycles. The van der Waals surface area contributed by atoms with Gasteiger partial charge in [-0.15, -0.1) is 0 Å². The first-order valence-electron chi connectivity index (χ1n) is 8.18. The molecule has 1 amide bonds. The Bertz CT molecular complexity index is 786. The third-order valence-corrected chi connectivity index (χ3v) is 4.51. The molecule has 3 nitrogen and oxygen atoms in total. The van der Waals surface area contributed by atoms with Gasteiger partial charge in [0.2, 0.25) is 5.91 Å². The Morgan fingerprint density at radius 1 is 1.20 bits per heavy atom. The van der Waals surface area contributed by atoms with Crippen molar-refractivity contribution in [2.45, 2.75) is 37.9 Å². The fourth-order valence-corrected chi connectivity index (χ4v) is 3.30. The van der Waals surface area contributed by atoms with Gasteiger partial charge >= 0.3 is 6.18 Å². The fraction of sp³-hybridized carbons (Fsp3) is 0.316. The molecule has 132 valence electrons. The Labute approximate surface area is 144 Å². The van der Waals surface area contributed by atoms with Gasteiger partial charge in [-0.05, 0) is 54.2 Å². The normalized spacial score (nSPS) is 17.0. The van der Waals surface area contributed by atoms with Gasteiger partial charge in [0, 0.05) is 12.2 Å². The molecule has 25 heavy (non-hydrogen) atoms. The largest absolute Gasteiger partial charge is 0.416 e. The van der Waals surface area contributed by atoms with Crippen LogP contribution in [0.3, 0.4) is 0 Å². The summed E-state index contributed by atoms with van der Waals surface area (Å²) < 4.78 is 39.1. The van der Waals surface area contributed by atoms with E-state index in [0.29, 0.717) is 12.0 Å². The molecule has 0 fully saturated rings. The van der Waals surface area contributed by atoms with Crippen LogP contribution in [-0.4, -0.2) is 5.91 Å². The Morgan fingerprint density at radius 3 is 2.68 bits per heavy atom. The molecule has 1 atom stereocenters. The summed E-state index contributed by atoms with van der Waals surface area (Å²) in [6.45, 7) is -0.0287. The van der Waals surface area contributed by atoms with Crippen LogP contribution < -0.4 is 11.1 Å². The minimum atomic E-state index is -4.48. The number of rotatable bonds is 3. The smallest absolute Gasteiger partial charge is 0.326 e. The molecule has 1 unspecified atom stereocenters. The fourth-order valence-electron chi connectivity index (χ4n) is 3.30. The van der Waals surface area contributed by atoms with Crippen LogP contribution in [-0.2, 0) is 23.9 Å². The molecule has 0 heterocycles. The maximum absolute atomic E-state index is 13.0. The van der Waals surface area contributed by atoms with Crippen molar-refractivity contribution in [2.24, 2.45) is 5.73 Å². The van der Waals surface area contributed by atoms with E-state index in [2.05, 4.69) is 5.32 Å². The SMILES string of the molecule is NCc1cc(NC(=O)C2CCCc3ccccc32)cc(C(F)(F)F)c1. The van der Waals surface area contributed by atoms with E-state index in [9.17, 15) is 18.0 Å².